The number of anilines is 1. The van der Waals surface area contributed by atoms with Gasteiger partial charge in [-0.1, -0.05) is 40.7 Å². The average molecular weight is 428 g/mol. The van der Waals surface area contributed by atoms with Crippen LogP contribution in [0.4, 0.5) is 5.69 Å². The van der Waals surface area contributed by atoms with E-state index in [1.807, 2.05) is 49.4 Å². The average Bonchev–Trinajstić information content (AvgIpc) is 3.56. The van der Waals surface area contributed by atoms with Crippen LogP contribution >= 0.6 is 0 Å². The predicted molar refractivity (Wildman–Crippen MR) is 113 cm³/mol. The third-order valence-corrected chi connectivity index (χ3v) is 6.35. The maximum atomic E-state index is 13.2. The summed E-state index contributed by atoms with van der Waals surface area (Å²) in [5, 5.41) is 13.7. The molecule has 2 amide bonds. The Morgan fingerprint density at radius 3 is 2.78 bits per heavy atom. The molecule has 0 unspecified atom stereocenters. The van der Waals surface area contributed by atoms with Crippen LogP contribution < -0.4 is 4.90 Å². The lowest BCUT2D eigenvalue weighted by molar-refractivity contribution is -0.123. The lowest BCUT2D eigenvalue weighted by Crippen LogP contribution is -2.39. The second-order valence-electron chi connectivity index (χ2n) is 8.34. The standard InChI is InChI=1S/C23H20N6O3/c1-13-5-2-3-8-17(13)21-24-18(32-26-21)12-28-20-19(25-27-28)22(30)29(23(20)31)16-10-9-14-6-4-7-15(14)11-16/h2-3,5,8-11,19-20H,4,6-7,12H2,1H3/t19-,20-/m1/s1. The summed E-state index contributed by atoms with van der Waals surface area (Å²) in [6.45, 7) is 2.07. The highest BCUT2D eigenvalue weighted by Gasteiger charge is 2.55. The van der Waals surface area contributed by atoms with Crippen LogP contribution in [0.25, 0.3) is 11.4 Å². The Morgan fingerprint density at radius 2 is 1.91 bits per heavy atom. The first kappa shape index (κ1) is 18.9. The van der Waals surface area contributed by atoms with Crippen molar-refractivity contribution in [2.45, 2.75) is 44.8 Å². The van der Waals surface area contributed by atoms with Crippen molar-refractivity contribution in [2.24, 2.45) is 10.3 Å². The maximum Gasteiger partial charge on any atom is 0.263 e. The van der Waals surface area contributed by atoms with Crippen molar-refractivity contribution >= 4 is 17.5 Å². The van der Waals surface area contributed by atoms with Gasteiger partial charge in [-0.3, -0.25) is 14.6 Å². The van der Waals surface area contributed by atoms with E-state index >= 15 is 0 Å². The first-order valence-corrected chi connectivity index (χ1v) is 10.7. The maximum absolute atomic E-state index is 13.2. The smallest absolute Gasteiger partial charge is 0.263 e. The summed E-state index contributed by atoms with van der Waals surface area (Å²) in [7, 11) is 0. The highest BCUT2D eigenvalue weighted by Crippen LogP contribution is 2.35. The van der Waals surface area contributed by atoms with Gasteiger partial charge in [0.1, 0.15) is 6.54 Å². The molecular weight excluding hydrogens is 408 g/mol. The minimum absolute atomic E-state index is 0.0978. The summed E-state index contributed by atoms with van der Waals surface area (Å²) in [5.74, 6) is 0.0929. The Labute approximate surface area is 183 Å². The molecule has 0 radical (unpaired) electrons. The number of aromatic nitrogens is 2. The second-order valence-corrected chi connectivity index (χ2v) is 8.34. The highest BCUT2D eigenvalue weighted by molar-refractivity contribution is 6.25. The SMILES string of the molecule is Cc1ccccc1-c1noc(CN2N=N[C@H]3C(=O)N(c4ccc5c(c4)CCC5)C(=O)[C@@H]32)n1. The van der Waals surface area contributed by atoms with Crippen molar-refractivity contribution in [2.75, 3.05) is 4.90 Å². The van der Waals surface area contributed by atoms with Gasteiger partial charge in [0.05, 0.1) is 5.69 Å². The Morgan fingerprint density at radius 1 is 1.06 bits per heavy atom. The molecule has 9 nitrogen and oxygen atoms in total. The minimum atomic E-state index is -0.852. The zero-order valence-electron chi connectivity index (χ0n) is 17.4. The van der Waals surface area contributed by atoms with Crippen LogP contribution in [-0.4, -0.2) is 39.0 Å². The van der Waals surface area contributed by atoms with Gasteiger partial charge in [-0.2, -0.15) is 10.1 Å². The summed E-state index contributed by atoms with van der Waals surface area (Å²) in [5.41, 5.74) is 4.99. The van der Waals surface area contributed by atoms with E-state index in [1.165, 1.54) is 21.0 Å². The van der Waals surface area contributed by atoms with Crippen molar-refractivity contribution in [1.29, 1.82) is 0 Å². The zero-order valence-corrected chi connectivity index (χ0v) is 17.4. The molecule has 0 spiro atoms. The van der Waals surface area contributed by atoms with Crippen LogP contribution in [0.3, 0.4) is 0 Å². The molecule has 3 heterocycles. The largest absolute Gasteiger partial charge is 0.337 e. The van der Waals surface area contributed by atoms with Crippen LogP contribution in [0.5, 0.6) is 0 Å². The molecule has 3 aliphatic rings. The topological polar surface area (TPSA) is 104 Å². The molecule has 2 atom stereocenters. The number of fused-ring (bicyclic) bond motifs is 2. The van der Waals surface area contributed by atoms with E-state index in [2.05, 4.69) is 20.5 Å². The van der Waals surface area contributed by atoms with Gasteiger partial charge in [0, 0.05) is 5.56 Å². The Balaban J connectivity index is 1.24. The molecule has 32 heavy (non-hydrogen) atoms. The van der Waals surface area contributed by atoms with Gasteiger partial charge in [-0.05, 0) is 55.0 Å². The molecule has 6 rings (SSSR count). The van der Waals surface area contributed by atoms with E-state index in [4.69, 9.17) is 4.52 Å². The van der Waals surface area contributed by atoms with Gasteiger partial charge in [0.2, 0.25) is 11.7 Å². The number of carbonyl (C=O) groups excluding carboxylic acids is 2. The van der Waals surface area contributed by atoms with Gasteiger partial charge >= 0.3 is 0 Å². The molecule has 3 aromatic rings. The molecule has 0 bridgehead atoms. The molecule has 1 fully saturated rings. The van der Waals surface area contributed by atoms with Crippen molar-refractivity contribution in [3.8, 4) is 11.4 Å². The fraction of sp³-hybridized carbons (Fsp3) is 0.304. The molecule has 1 aromatic heterocycles. The van der Waals surface area contributed by atoms with Crippen molar-refractivity contribution in [3.05, 3.63) is 65.0 Å². The van der Waals surface area contributed by atoms with E-state index < -0.39 is 12.1 Å². The highest BCUT2D eigenvalue weighted by atomic mass is 16.5. The normalized spacial score (nSPS) is 21.5. The summed E-state index contributed by atoms with van der Waals surface area (Å²) in [6, 6.07) is 11.9. The van der Waals surface area contributed by atoms with Crippen molar-refractivity contribution in [3.63, 3.8) is 0 Å². The van der Waals surface area contributed by atoms with Crippen LogP contribution in [0, 0.1) is 6.92 Å². The molecule has 0 saturated carbocycles. The number of hydrogen-bond donors (Lipinski definition) is 0. The molecule has 160 valence electrons. The number of imide groups is 1. The van der Waals surface area contributed by atoms with Crippen LogP contribution in [-0.2, 0) is 29.0 Å². The van der Waals surface area contributed by atoms with Gasteiger partial charge in [-0.25, -0.2) is 4.90 Å². The molecule has 9 heteroatoms. The summed E-state index contributed by atoms with van der Waals surface area (Å²) < 4.78 is 5.39. The zero-order chi connectivity index (χ0) is 21.8. The van der Waals surface area contributed by atoms with Gasteiger partial charge in [-0.15, -0.1) is 0 Å². The molecule has 2 aromatic carbocycles. The van der Waals surface area contributed by atoms with Crippen LogP contribution in [0.15, 0.2) is 57.3 Å². The summed E-state index contributed by atoms with van der Waals surface area (Å²) in [4.78, 5) is 31.9. The first-order chi connectivity index (χ1) is 15.6. The van der Waals surface area contributed by atoms with Crippen molar-refractivity contribution < 1.29 is 14.1 Å². The Kier molecular flexibility index (Phi) is 4.17. The Hall–Kier alpha value is -3.88. The minimum Gasteiger partial charge on any atom is -0.337 e. The molecule has 2 aliphatic heterocycles. The van der Waals surface area contributed by atoms with Gasteiger partial charge in [0.15, 0.2) is 12.1 Å². The lowest BCUT2D eigenvalue weighted by Gasteiger charge is -2.19. The van der Waals surface area contributed by atoms with Crippen molar-refractivity contribution in [1.82, 2.24) is 15.1 Å². The molecule has 1 aliphatic carbocycles. The Bertz CT molecular complexity index is 1280. The molecular formula is C23H20N6O3. The number of carbonyl (C=O) groups is 2. The lowest BCUT2D eigenvalue weighted by atomic mass is 10.1. The van der Waals surface area contributed by atoms with E-state index in [0.29, 0.717) is 17.4 Å². The number of rotatable bonds is 4. The quantitative estimate of drug-likeness (QED) is 0.592. The fourth-order valence-corrected chi connectivity index (χ4v) is 4.70. The third kappa shape index (κ3) is 2.84. The molecule has 1 saturated heterocycles. The molecule has 0 N–H and O–H groups in total. The third-order valence-electron chi connectivity index (χ3n) is 6.35. The summed E-state index contributed by atoms with van der Waals surface area (Å²) in [6.07, 6.45) is 3.11. The summed E-state index contributed by atoms with van der Waals surface area (Å²) >= 11 is 0. The van der Waals surface area contributed by atoms with E-state index in [0.717, 1.165) is 30.4 Å². The second kappa shape index (κ2) is 7.08. The van der Waals surface area contributed by atoms with E-state index in [1.54, 1.807) is 0 Å². The van der Waals surface area contributed by atoms with Gasteiger partial charge in [0.25, 0.3) is 11.8 Å². The number of hydrogen-bond acceptors (Lipinski definition) is 8. The van der Waals surface area contributed by atoms with E-state index in [9.17, 15) is 9.59 Å². The number of nitrogens with zero attached hydrogens (tertiary/aromatic N) is 6. The van der Waals surface area contributed by atoms with Crippen LogP contribution in [0.2, 0.25) is 0 Å². The van der Waals surface area contributed by atoms with E-state index in [-0.39, 0.29) is 18.4 Å². The number of aryl methyl sites for hydroxylation is 3. The van der Waals surface area contributed by atoms with Crippen LogP contribution in [0.1, 0.15) is 29.0 Å². The van der Waals surface area contributed by atoms with Gasteiger partial charge < -0.3 is 4.52 Å². The monoisotopic (exact) mass is 428 g/mol. The number of amides is 2. The predicted octanol–water partition coefficient (Wildman–Crippen LogP) is 3.03. The number of benzene rings is 2. The fourth-order valence-electron chi connectivity index (χ4n) is 4.70. The first-order valence-electron chi connectivity index (χ1n) is 10.7.